The molecule has 0 saturated carbocycles. The highest BCUT2D eigenvalue weighted by atomic mass is 32.2. The van der Waals surface area contributed by atoms with Gasteiger partial charge < -0.3 is 5.73 Å². The van der Waals surface area contributed by atoms with Crippen molar-refractivity contribution < 1.29 is 0 Å². The Morgan fingerprint density at radius 2 is 2.28 bits per heavy atom. The summed E-state index contributed by atoms with van der Waals surface area (Å²) in [6.07, 6.45) is 1.02. The topological polar surface area (TPSA) is 50.7 Å². The van der Waals surface area contributed by atoms with Gasteiger partial charge in [-0.3, -0.25) is 9.98 Å². The summed E-state index contributed by atoms with van der Waals surface area (Å²) < 4.78 is 0. The zero-order valence-electron chi connectivity index (χ0n) is 11.1. The number of thioether (sulfide) groups is 1. The number of amidine groups is 1. The molecule has 96 valence electrons. The predicted octanol–water partition coefficient (Wildman–Crippen LogP) is 2.79. The fourth-order valence-electron chi connectivity index (χ4n) is 2.10. The second kappa shape index (κ2) is 5.14. The van der Waals surface area contributed by atoms with Crippen LogP contribution in [0.25, 0.3) is 0 Å². The maximum Gasteiger partial charge on any atom is 0.154 e. The minimum atomic E-state index is -0.195. The summed E-state index contributed by atoms with van der Waals surface area (Å²) in [7, 11) is 1.82. The van der Waals surface area contributed by atoms with E-state index in [4.69, 9.17) is 5.73 Å². The molecule has 3 nitrogen and oxygen atoms in total. The first-order chi connectivity index (χ1) is 8.55. The molecule has 0 bridgehead atoms. The van der Waals surface area contributed by atoms with Gasteiger partial charge in [0.25, 0.3) is 0 Å². The van der Waals surface area contributed by atoms with Crippen molar-refractivity contribution in [2.45, 2.75) is 25.8 Å². The maximum absolute atomic E-state index is 5.86. The molecule has 2 rings (SSSR count). The van der Waals surface area contributed by atoms with Crippen LogP contribution in [0.5, 0.6) is 0 Å². The first-order valence-corrected chi connectivity index (χ1v) is 7.06. The fourth-order valence-corrected chi connectivity index (χ4v) is 3.08. The lowest BCUT2D eigenvalue weighted by Crippen LogP contribution is -2.28. The highest BCUT2D eigenvalue weighted by Gasteiger charge is 2.29. The first-order valence-electron chi connectivity index (χ1n) is 6.07. The van der Waals surface area contributed by atoms with E-state index in [1.54, 1.807) is 11.8 Å². The van der Waals surface area contributed by atoms with Gasteiger partial charge in [-0.1, -0.05) is 30.0 Å². The molecule has 0 amide bonds. The van der Waals surface area contributed by atoms with E-state index < -0.39 is 0 Å². The van der Waals surface area contributed by atoms with Crippen LogP contribution >= 0.6 is 11.8 Å². The molecule has 1 unspecified atom stereocenters. The Kier molecular flexibility index (Phi) is 3.76. The quantitative estimate of drug-likeness (QED) is 0.832. The van der Waals surface area contributed by atoms with Crippen LogP contribution in [0.15, 0.2) is 34.3 Å². The van der Waals surface area contributed by atoms with E-state index in [0.717, 1.165) is 23.4 Å². The van der Waals surface area contributed by atoms with E-state index >= 15 is 0 Å². The van der Waals surface area contributed by atoms with Crippen molar-refractivity contribution in [3.63, 3.8) is 0 Å². The Balaban J connectivity index is 2.42. The number of benzene rings is 1. The second-order valence-electron chi connectivity index (χ2n) is 4.71. The molecule has 0 radical (unpaired) electrons. The van der Waals surface area contributed by atoms with Gasteiger partial charge in [0.2, 0.25) is 0 Å². The third kappa shape index (κ3) is 2.58. The monoisotopic (exact) mass is 261 g/mol. The summed E-state index contributed by atoms with van der Waals surface area (Å²) >= 11 is 1.63. The van der Waals surface area contributed by atoms with E-state index in [-0.39, 0.29) is 5.54 Å². The third-order valence-electron chi connectivity index (χ3n) is 3.43. The summed E-state index contributed by atoms with van der Waals surface area (Å²) in [5, 5.41) is 0.690. The number of hydrogen-bond acceptors (Lipinski definition) is 4. The molecule has 0 fully saturated rings. The van der Waals surface area contributed by atoms with Gasteiger partial charge in [0.05, 0.1) is 5.54 Å². The summed E-state index contributed by atoms with van der Waals surface area (Å²) in [5.41, 5.74) is 9.08. The second-order valence-corrected chi connectivity index (χ2v) is 5.83. The molecule has 1 aliphatic rings. The highest BCUT2D eigenvalue weighted by molar-refractivity contribution is 8.13. The van der Waals surface area contributed by atoms with Gasteiger partial charge in [0.15, 0.2) is 5.17 Å². The Bertz CT molecular complexity index is 508. The summed E-state index contributed by atoms with van der Waals surface area (Å²) in [6, 6.07) is 8.45. The lowest BCUT2D eigenvalue weighted by Gasteiger charge is -2.30. The first kappa shape index (κ1) is 13.1. The zero-order valence-corrected chi connectivity index (χ0v) is 11.9. The van der Waals surface area contributed by atoms with Crippen molar-refractivity contribution >= 4 is 22.6 Å². The molecular weight excluding hydrogens is 242 g/mol. The van der Waals surface area contributed by atoms with Gasteiger partial charge in [0.1, 0.15) is 0 Å². The van der Waals surface area contributed by atoms with Gasteiger partial charge in [-0.15, -0.1) is 0 Å². The molecule has 0 aliphatic carbocycles. The normalized spacial score (nSPS) is 24.8. The van der Waals surface area contributed by atoms with Crippen LogP contribution in [0.3, 0.4) is 0 Å². The number of nitrogens with two attached hydrogens (primary N) is 1. The molecule has 1 aromatic rings. The number of aliphatic imine (C=N–C) groups is 2. The molecule has 0 saturated heterocycles. The molecular formula is C14H19N3S. The smallest absolute Gasteiger partial charge is 0.154 e. The standard InChI is InChI=1S/C14H19N3S/c1-10(16-3)11-5-4-6-12(9-11)14(2)7-8-18-13(15)17-14/h4-6,9H,7-8H2,1-3H3,(H2,15,17)/b16-10+. The number of rotatable bonds is 2. The number of hydrogen-bond donors (Lipinski definition) is 1. The Hall–Kier alpha value is -1.29. The van der Waals surface area contributed by atoms with Crippen LogP contribution in [-0.4, -0.2) is 23.7 Å². The third-order valence-corrected chi connectivity index (χ3v) is 4.23. The van der Waals surface area contributed by atoms with Crippen molar-refractivity contribution in [3.8, 4) is 0 Å². The lowest BCUT2D eigenvalue weighted by molar-refractivity contribution is 0.482. The minimum absolute atomic E-state index is 0.195. The SMILES string of the molecule is C/N=C(\C)c1cccc(C2(C)CCSC(N)=N2)c1. The van der Waals surface area contributed by atoms with Crippen molar-refractivity contribution in [1.29, 1.82) is 0 Å². The van der Waals surface area contributed by atoms with Gasteiger partial charge in [-0.2, -0.15) is 0 Å². The van der Waals surface area contributed by atoms with Crippen molar-refractivity contribution in [1.82, 2.24) is 0 Å². The number of nitrogens with zero attached hydrogens (tertiary/aromatic N) is 2. The van der Waals surface area contributed by atoms with Crippen LogP contribution in [0.4, 0.5) is 0 Å². The summed E-state index contributed by atoms with van der Waals surface area (Å²) in [4.78, 5) is 8.86. The highest BCUT2D eigenvalue weighted by Crippen LogP contribution is 2.35. The van der Waals surface area contributed by atoms with Crippen molar-refractivity contribution in [2.24, 2.45) is 15.7 Å². The van der Waals surface area contributed by atoms with E-state index in [0.29, 0.717) is 5.17 Å². The van der Waals surface area contributed by atoms with E-state index in [9.17, 15) is 0 Å². The molecule has 18 heavy (non-hydrogen) atoms. The van der Waals surface area contributed by atoms with Gasteiger partial charge in [-0.25, -0.2) is 0 Å². The van der Waals surface area contributed by atoms with E-state index in [2.05, 4.69) is 41.2 Å². The molecule has 0 aromatic heterocycles. The predicted molar refractivity (Wildman–Crippen MR) is 80.6 cm³/mol. The van der Waals surface area contributed by atoms with E-state index in [1.165, 1.54) is 5.56 Å². The van der Waals surface area contributed by atoms with Crippen molar-refractivity contribution in [3.05, 3.63) is 35.4 Å². The van der Waals surface area contributed by atoms with Gasteiger partial charge >= 0.3 is 0 Å². The maximum atomic E-state index is 5.86. The lowest BCUT2D eigenvalue weighted by atomic mass is 9.88. The molecule has 1 atom stereocenters. The van der Waals surface area contributed by atoms with Gasteiger partial charge in [0, 0.05) is 18.5 Å². The summed E-state index contributed by atoms with van der Waals surface area (Å²) in [5.74, 6) is 1.02. The largest absolute Gasteiger partial charge is 0.379 e. The van der Waals surface area contributed by atoms with Crippen LogP contribution in [0.1, 0.15) is 31.4 Å². The Morgan fingerprint density at radius 1 is 1.50 bits per heavy atom. The van der Waals surface area contributed by atoms with Crippen molar-refractivity contribution in [2.75, 3.05) is 12.8 Å². The zero-order chi connectivity index (χ0) is 13.2. The van der Waals surface area contributed by atoms with Crippen LogP contribution in [0.2, 0.25) is 0 Å². The minimum Gasteiger partial charge on any atom is -0.379 e. The van der Waals surface area contributed by atoms with E-state index in [1.807, 2.05) is 14.0 Å². The van der Waals surface area contributed by atoms with Crippen LogP contribution in [0, 0.1) is 0 Å². The summed E-state index contributed by atoms with van der Waals surface area (Å²) in [6.45, 7) is 4.17. The Labute approximate surface area is 113 Å². The average Bonchev–Trinajstić information content (AvgIpc) is 2.38. The molecule has 4 heteroatoms. The molecule has 1 heterocycles. The molecule has 2 N–H and O–H groups in total. The average molecular weight is 261 g/mol. The molecule has 1 aromatic carbocycles. The Morgan fingerprint density at radius 3 is 2.94 bits per heavy atom. The van der Waals surface area contributed by atoms with Gasteiger partial charge in [-0.05, 0) is 37.5 Å². The van der Waals surface area contributed by atoms with Crippen LogP contribution in [-0.2, 0) is 5.54 Å². The van der Waals surface area contributed by atoms with Crippen LogP contribution < -0.4 is 5.73 Å². The fraction of sp³-hybridized carbons (Fsp3) is 0.429. The molecule has 1 aliphatic heterocycles. The molecule has 0 spiro atoms.